The standard InChI is InChI=1S/C16H14ClN3O2/c1-22-11-5-10(6-11)19-16(21)15-12-4-2-3-9(8-18)13(12)7-14(17)20-15/h2-4,7,10-11H,5-6H2,1H3,(H,19,21)/t10-,11-. The van der Waals surface area contributed by atoms with Gasteiger partial charge in [0.15, 0.2) is 0 Å². The molecule has 1 saturated carbocycles. The third kappa shape index (κ3) is 2.63. The highest BCUT2D eigenvalue weighted by Gasteiger charge is 2.31. The normalized spacial score (nSPS) is 20.2. The van der Waals surface area contributed by atoms with Crippen molar-refractivity contribution in [3.05, 3.63) is 40.7 Å². The van der Waals surface area contributed by atoms with E-state index in [2.05, 4.69) is 16.4 Å². The lowest BCUT2D eigenvalue weighted by Crippen LogP contribution is -2.47. The van der Waals surface area contributed by atoms with Gasteiger partial charge in [-0.15, -0.1) is 0 Å². The van der Waals surface area contributed by atoms with Crippen LogP contribution in [0.1, 0.15) is 28.9 Å². The number of methoxy groups -OCH3 is 1. The first-order valence-electron chi connectivity index (χ1n) is 6.95. The van der Waals surface area contributed by atoms with Crippen LogP contribution in [-0.4, -0.2) is 30.1 Å². The minimum absolute atomic E-state index is 0.0902. The fourth-order valence-corrected chi connectivity index (χ4v) is 2.84. The smallest absolute Gasteiger partial charge is 0.270 e. The molecule has 0 atom stereocenters. The minimum atomic E-state index is -0.276. The van der Waals surface area contributed by atoms with Gasteiger partial charge in [0.25, 0.3) is 5.91 Å². The summed E-state index contributed by atoms with van der Waals surface area (Å²) in [6.45, 7) is 0. The predicted molar refractivity (Wildman–Crippen MR) is 82.8 cm³/mol. The van der Waals surface area contributed by atoms with Gasteiger partial charge in [-0.2, -0.15) is 5.26 Å². The summed E-state index contributed by atoms with van der Waals surface area (Å²) in [6.07, 6.45) is 1.80. The molecule has 1 amide bonds. The van der Waals surface area contributed by atoms with Crippen molar-refractivity contribution in [3.8, 4) is 6.07 Å². The molecule has 1 heterocycles. The maximum atomic E-state index is 12.5. The maximum Gasteiger partial charge on any atom is 0.270 e. The fraction of sp³-hybridized carbons (Fsp3) is 0.312. The van der Waals surface area contributed by atoms with Crippen molar-refractivity contribution in [1.29, 1.82) is 5.26 Å². The van der Waals surface area contributed by atoms with Gasteiger partial charge in [-0.3, -0.25) is 4.79 Å². The van der Waals surface area contributed by atoms with E-state index in [9.17, 15) is 10.1 Å². The second-order valence-electron chi connectivity index (χ2n) is 5.31. The first-order valence-corrected chi connectivity index (χ1v) is 7.33. The molecule has 1 N–H and O–H groups in total. The zero-order valence-electron chi connectivity index (χ0n) is 12.0. The number of halogens is 1. The number of ether oxygens (including phenoxy) is 1. The minimum Gasteiger partial charge on any atom is -0.381 e. The predicted octanol–water partition coefficient (Wildman–Crippen LogP) is 2.67. The van der Waals surface area contributed by atoms with Gasteiger partial charge in [0.2, 0.25) is 0 Å². The molecule has 1 fully saturated rings. The molecule has 6 heteroatoms. The Hall–Kier alpha value is -2.16. The molecular weight excluding hydrogens is 302 g/mol. The number of hydrogen-bond acceptors (Lipinski definition) is 4. The number of nitrogens with one attached hydrogen (secondary N) is 1. The van der Waals surface area contributed by atoms with Gasteiger partial charge >= 0.3 is 0 Å². The van der Waals surface area contributed by atoms with Crippen LogP contribution in [0.2, 0.25) is 5.15 Å². The zero-order chi connectivity index (χ0) is 15.7. The Balaban J connectivity index is 1.93. The highest BCUT2D eigenvalue weighted by molar-refractivity contribution is 6.30. The molecule has 112 valence electrons. The molecule has 0 saturated heterocycles. The first-order chi connectivity index (χ1) is 10.6. The van der Waals surface area contributed by atoms with E-state index in [0.29, 0.717) is 16.3 Å². The molecule has 5 nitrogen and oxygen atoms in total. The lowest BCUT2D eigenvalue weighted by atomic mass is 9.89. The largest absolute Gasteiger partial charge is 0.381 e. The third-order valence-corrected chi connectivity index (χ3v) is 4.14. The van der Waals surface area contributed by atoms with E-state index >= 15 is 0 Å². The molecule has 3 rings (SSSR count). The Morgan fingerprint density at radius 3 is 2.91 bits per heavy atom. The zero-order valence-corrected chi connectivity index (χ0v) is 12.7. The van der Waals surface area contributed by atoms with Gasteiger partial charge in [-0.1, -0.05) is 23.7 Å². The molecule has 2 aromatic rings. The van der Waals surface area contributed by atoms with Crippen LogP contribution in [0.25, 0.3) is 10.8 Å². The number of carbonyl (C=O) groups is 1. The summed E-state index contributed by atoms with van der Waals surface area (Å²) < 4.78 is 5.20. The van der Waals surface area contributed by atoms with Crippen LogP contribution in [0.4, 0.5) is 0 Å². The van der Waals surface area contributed by atoms with Gasteiger partial charge in [-0.05, 0) is 25.0 Å². The van der Waals surface area contributed by atoms with Crippen molar-refractivity contribution in [2.24, 2.45) is 0 Å². The van der Waals surface area contributed by atoms with Crippen molar-refractivity contribution < 1.29 is 9.53 Å². The van der Waals surface area contributed by atoms with Crippen LogP contribution in [-0.2, 0) is 4.74 Å². The lowest BCUT2D eigenvalue weighted by molar-refractivity contribution is 0.0175. The summed E-state index contributed by atoms with van der Waals surface area (Å²) in [6, 6.07) is 9.00. The Morgan fingerprint density at radius 2 is 2.23 bits per heavy atom. The van der Waals surface area contributed by atoms with Gasteiger partial charge in [0.05, 0.1) is 17.7 Å². The van der Waals surface area contributed by atoms with E-state index < -0.39 is 0 Å². The molecule has 0 spiro atoms. The molecule has 1 aliphatic rings. The molecular formula is C16H14ClN3O2. The molecule has 0 aliphatic heterocycles. The van der Waals surface area contributed by atoms with Crippen LogP contribution in [0, 0.1) is 11.3 Å². The van der Waals surface area contributed by atoms with Crippen molar-refractivity contribution in [3.63, 3.8) is 0 Å². The Morgan fingerprint density at radius 1 is 1.45 bits per heavy atom. The quantitative estimate of drug-likeness (QED) is 0.884. The number of hydrogen-bond donors (Lipinski definition) is 1. The van der Waals surface area contributed by atoms with Gasteiger partial charge < -0.3 is 10.1 Å². The van der Waals surface area contributed by atoms with Crippen molar-refractivity contribution in [1.82, 2.24) is 10.3 Å². The number of nitrogens with zero attached hydrogens (tertiary/aromatic N) is 2. The summed E-state index contributed by atoms with van der Waals surface area (Å²) in [5, 5.41) is 13.6. The number of rotatable bonds is 3. The van der Waals surface area contributed by atoms with Crippen molar-refractivity contribution in [2.75, 3.05) is 7.11 Å². The highest BCUT2D eigenvalue weighted by atomic mass is 35.5. The van der Waals surface area contributed by atoms with Crippen LogP contribution >= 0.6 is 11.6 Å². The van der Waals surface area contributed by atoms with E-state index in [4.69, 9.17) is 16.3 Å². The Labute approximate surface area is 132 Å². The average Bonchev–Trinajstić information content (AvgIpc) is 2.48. The average molecular weight is 316 g/mol. The lowest BCUT2D eigenvalue weighted by Gasteiger charge is -2.34. The van der Waals surface area contributed by atoms with E-state index in [1.54, 1.807) is 31.4 Å². The summed E-state index contributed by atoms with van der Waals surface area (Å²) >= 11 is 6.01. The van der Waals surface area contributed by atoms with Crippen LogP contribution < -0.4 is 5.32 Å². The molecule has 0 unspecified atom stereocenters. The van der Waals surface area contributed by atoms with E-state index in [1.165, 1.54) is 0 Å². The summed E-state index contributed by atoms with van der Waals surface area (Å²) in [4.78, 5) is 16.6. The molecule has 1 aromatic carbocycles. The number of fused-ring (bicyclic) bond motifs is 1. The van der Waals surface area contributed by atoms with Crippen molar-refractivity contribution in [2.45, 2.75) is 25.0 Å². The number of benzene rings is 1. The number of nitriles is 1. The van der Waals surface area contributed by atoms with E-state index in [0.717, 1.165) is 12.8 Å². The number of amides is 1. The highest BCUT2D eigenvalue weighted by Crippen LogP contribution is 2.26. The van der Waals surface area contributed by atoms with E-state index in [-0.39, 0.29) is 28.9 Å². The molecule has 1 aliphatic carbocycles. The topological polar surface area (TPSA) is 75.0 Å². The first kappa shape index (κ1) is 14.8. The van der Waals surface area contributed by atoms with Crippen LogP contribution in [0.5, 0.6) is 0 Å². The number of pyridine rings is 1. The number of aromatic nitrogens is 1. The summed E-state index contributed by atoms with van der Waals surface area (Å²) in [5.74, 6) is -0.276. The van der Waals surface area contributed by atoms with Crippen LogP contribution in [0.15, 0.2) is 24.3 Å². The molecule has 0 radical (unpaired) electrons. The second kappa shape index (κ2) is 5.91. The number of carbonyl (C=O) groups excluding carboxylic acids is 1. The monoisotopic (exact) mass is 315 g/mol. The summed E-state index contributed by atoms with van der Waals surface area (Å²) in [7, 11) is 1.66. The molecule has 1 aromatic heterocycles. The summed E-state index contributed by atoms with van der Waals surface area (Å²) in [5.41, 5.74) is 0.722. The third-order valence-electron chi connectivity index (χ3n) is 3.94. The molecule has 22 heavy (non-hydrogen) atoms. The van der Waals surface area contributed by atoms with Gasteiger partial charge in [-0.25, -0.2) is 4.98 Å². The fourth-order valence-electron chi connectivity index (χ4n) is 2.65. The van der Waals surface area contributed by atoms with Gasteiger partial charge in [0, 0.05) is 23.9 Å². The van der Waals surface area contributed by atoms with Gasteiger partial charge in [0.1, 0.15) is 10.8 Å². The maximum absolute atomic E-state index is 12.5. The van der Waals surface area contributed by atoms with Crippen LogP contribution in [0.3, 0.4) is 0 Å². The Bertz CT molecular complexity index is 779. The molecule has 0 bridgehead atoms. The SMILES string of the molecule is CO[C@H]1C[C@H](NC(=O)c2nc(Cl)cc3c(C#N)cccc23)C1. The Kier molecular flexibility index (Phi) is 3.97. The van der Waals surface area contributed by atoms with Crippen molar-refractivity contribution >= 4 is 28.3 Å². The van der Waals surface area contributed by atoms with E-state index in [1.807, 2.05) is 0 Å². The second-order valence-corrected chi connectivity index (χ2v) is 5.69.